The number of rotatable bonds is 4. The first-order valence-electron chi connectivity index (χ1n) is 4.26. The maximum absolute atomic E-state index is 3.87. The Morgan fingerprint density at radius 2 is 1.91 bits per heavy atom. The fourth-order valence-corrected chi connectivity index (χ4v) is 0.948. The van der Waals surface area contributed by atoms with E-state index in [9.17, 15) is 0 Å². The van der Waals surface area contributed by atoms with Crippen molar-refractivity contribution in [1.29, 1.82) is 0 Å². The maximum atomic E-state index is 3.87. The van der Waals surface area contributed by atoms with Gasteiger partial charge >= 0.3 is 0 Å². The molecule has 0 amide bonds. The summed E-state index contributed by atoms with van der Waals surface area (Å²) >= 11 is 0. The molecule has 0 heterocycles. The van der Waals surface area contributed by atoms with Crippen LogP contribution in [0.4, 0.5) is 0 Å². The molecule has 0 saturated carbocycles. The highest BCUT2D eigenvalue weighted by Gasteiger charge is 2.08. The highest BCUT2D eigenvalue weighted by Crippen LogP contribution is 2.22. The third-order valence-corrected chi connectivity index (χ3v) is 1.71. The molecule has 0 fully saturated rings. The van der Waals surface area contributed by atoms with Crippen molar-refractivity contribution in [2.45, 2.75) is 40.0 Å². The molecule has 64 valence electrons. The van der Waals surface area contributed by atoms with E-state index >= 15 is 0 Å². The summed E-state index contributed by atoms with van der Waals surface area (Å²) in [4.78, 5) is 0. The van der Waals surface area contributed by atoms with E-state index < -0.39 is 0 Å². The van der Waals surface area contributed by atoms with E-state index in [2.05, 4.69) is 33.9 Å². The summed E-state index contributed by atoms with van der Waals surface area (Å²) in [6, 6.07) is 0. The Hall–Kier alpha value is -0.520. The first kappa shape index (κ1) is 10.5. The summed E-state index contributed by atoms with van der Waals surface area (Å²) in [5.74, 6) is 0. The Balaban J connectivity index is 3.42. The first-order valence-corrected chi connectivity index (χ1v) is 4.26. The average molecular weight is 152 g/mol. The Morgan fingerprint density at radius 3 is 2.27 bits per heavy atom. The van der Waals surface area contributed by atoms with Crippen LogP contribution in [0, 0.1) is 5.41 Å². The second kappa shape index (κ2) is 4.38. The molecule has 0 heteroatoms. The van der Waals surface area contributed by atoms with Gasteiger partial charge in [0.15, 0.2) is 0 Å². The second-order valence-electron chi connectivity index (χ2n) is 4.28. The molecule has 0 rings (SSSR count). The van der Waals surface area contributed by atoms with Gasteiger partial charge in [-0.25, -0.2) is 0 Å². The van der Waals surface area contributed by atoms with Crippen molar-refractivity contribution in [2.24, 2.45) is 5.41 Å². The van der Waals surface area contributed by atoms with Gasteiger partial charge in [0, 0.05) is 0 Å². The molecule has 0 bridgehead atoms. The van der Waals surface area contributed by atoms with E-state index in [1.165, 1.54) is 12.8 Å². The summed E-state index contributed by atoms with van der Waals surface area (Å²) in [6.07, 6.45) is 5.44. The van der Waals surface area contributed by atoms with Crippen molar-refractivity contribution in [3.8, 4) is 0 Å². The van der Waals surface area contributed by atoms with E-state index in [-0.39, 0.29) is 0 Å². The van der Waals surface area contributed by atoms with E-state index in [0.29, 0.717) is 5.41 Å². The molecular formula is C11H20. The normalized spacial score (nSPS) is 11.2. The van der Waals surface area contributed by atoms with E-state index in [1.807, 2.05) is 6.08 Å². The van der Waals surface area contributed by atoms with Gasteiger partial charge in [0.25, 0.3) is 0 Å². The minimum absolute atomic E-state index is 0.460. The lowest BCUT2D eigenvalue weighted by atomic mass is 9.89. The molecule has 0 aliphatic carbocycles. The number of hydrogen-bond acceptors (Lipinski definition) is 0. The van der Waals surface area contributed by atoms with Crippen LogP contribution in [-0.4, -0.2) is 0 Å². The molecule has 0 aromatic rings. The van der Waals surface area contributed by atoms with Gasteiger partial charge in [0.05, 0.1) is 0 Å². The van der Waals surface area contributed by atoms with Gasteiger partial charge in [-0.2, -0.15) is 0 Å². The van der Waals surface area contributed by atoms with Crippen LogP contribution in [0.3, 0.4) is 0 Å². The third-order valence-electron chi connectivity index (χ3n) is 1.71. The van der Waals surface area contributed by atoms with Crippen molar-refractivity contribution >= 4 is 0 Å². The first-order chi connectivity index (χ1) is 4.95. The highest BCUT2D eigenvalue weighted by atomic mass is 14.1. The Labute approximate surface area is 71.0 Å². The lowest BCUT2D eigenvalue weighted by molar-refractivity contribution is 0.366. The van der Waals surface area contributed by atoms with E-state index in [4.69, 9.17) is 0 Å². The van der Waals surface area contributed by atoms with Gasteiger partial charge in [0.1, 0.15) is 0 Å². The van der Waals surface area contributed by atoms with Crippen LogP contribution in [0.2, 0.25) is 0 Å². The quantitative estimate of drug-likeness (QED) is 0.535. The van der Waals surface area contributed by atoms with Crippen LogP contribution >= 0.6 is 0 Å². The number of allylic oxidation sites excluding steroid dienone is 2. The monoisotopic (exact) mass is 152 g/mol. The van der Waals surface area contributed by atoms with Crippen molar-refractivity contribution in [3.63, 3.8) is 0 Å². The van der Waals surface area contributed by atoms with Crippen LogP contribution in [0.15, 0.2) is 24.8 Å². The lowest BCUT2D eigenvalue weighted by Gasteiger charge is -2.17. The third kappa shape index (κ3) is 7.38. The van der Waals surface area contributed by atoms with Crippen LogP contribution in [0.5, 0.6) is 0 Å². The Bertz CT molecular complexity index is 135. The fourth-order valence-electron chi connectivity index (χ4n) is 0.948. The molecule has 0 aliphatic rings. The molecule has 0 aromatic carbocycles. The summed E-state index contributed by atoms with van der Waals surface area (Å²) in [7, 11) is 0. The number of hydrogen-bond donors (Lipinski definition) is 0. The molecule has 0 spiro atoms. The Kier molecular flexibility index (Phi) is 4.17. The molecule has 0 atom stereocenters. The summed E-state index contributed by atoms with van der Waals surface area (Å²) < 4.78 is 0. The van der Waals surface area contributed by atoms with E-state index in [0.717, 1.165) is 12.0 Å². The van der Waals surface area contributed by atoms with Crippen molar-refractivity contribution < 1.29 is 0 Å². The molecule has 0 saturated heterocycles. The minimum atomic E-state index is 0.460. The zero-order valence-corrected chi connectivity index (χ0v) is 8.11. The molecule has 0 radical (unpaired) electrons. The average Bonchev–Trinajstić information content (AvgIpc) is 1.85. The predicted molar refractivity (Wildman–Crippen MR) is 52.6 cm³/mol. The topological polar surface area (TPSA) is 0 Å². The highest BCUT2D eigenvalue weighted by molar-refractivity contribution is 5.10. The summed E-state index contributed by atoms with van der Waals surface area (Å²) in [6.45, 7) is 14.4. The van der Waals surface area contributed by atoms with Gasteiger partial charge in [0.2, 0.25) is 0 Å². The zero-order valence-electron chi connectivity index (χ0n) is 8.11. The van der Waals surface area contributed by atoms with Crippen LogP contribution in [0.25, 0.3) is 0 Å². The van der Waals surface area contributed by atoms with Crippen molar-refractivity contribution in [3.05, 3.63) is 24.8 Å². The van der Waals surface area contributed by atoms with Crippen LogP contribution < -0.4 is 0 Å². The lowest BCUT2D eigenvalue weighted by Crippen LogP contribution is -2.03. The van der Waals surface area contributed by atoms with Gasteiger partial charge < -0.3 is 0 Å². The van der Waals surface area contributed by atoms with Gasteiger partial charge in [-0.1, -0.05) is 45.6 Å². The van der Waals surface area contributed by atoms with Crippen LogP contribution in [0.1, 0.15) is 40.0 Å². The molecule has 0 aliphatic heterocycles. The van der Waals surface area contributed by atoms with Crippen molar-refractivity contribution in [2.75, 3.05) is 0 Å². The standard InChI is InChI=1S/C11H20/c1-6-10(2)8-7-9-11(3,4)5/h6H,1-2,7-9H2,3-5H3. The Morgan fingerprint density at radius 1 is 1.36 bits per heavy atom. The van der Waals surface area contributed by atoms with Crippen LogP contribution in [-0.2, 0) is 0 Å². The zero-order chi connectivity index (χ0) is 8.91. The molecule has 0 N–H and O–H groups in total. The van der Waals surface area contributed by atoms with E-state index in [1.54, 1.807) is 0 Å². The molecule has 0 unspecified atom stereocenters. The summed E-state index contributed by atoms with van der Waals surface area (Å²) in [5.41, 5.74) is 1.62. The second-order valence-corrected chi connectivity index (χ2v) is 4.28. The maximum Gasteiger partial charge on any atom is -0.0285 e. The van der Waals surface area contributed by atoms with Gasteiger partial charge in [-0.05, 0) is 24.7 Å². The summed E-state index contributed by atoms with van der Waals surface area (Å²) in [5, 5.41) is 0. The molecule has 0 aromatic heterocycles. The predicted octanol–water partition coefficient (Wildman–Crippen LogP) is 3.95. The van der Waals surface area contributed by atoms with Gasteiger partial charge in [-0.15, -0.1) is 0 Å². The SMILES string of the molecule is C=CC(=C)CCCC(C)(C)C. The molecule has 11 heavy (non-hydrogen) atoms. The minimum Gasteiger partial charge on any atom is -0.0988 e. The molecule has 0 nitrogen and oxygen atoms in total. The van der Waals surface area contributed by atoms with Gasteiger partial charge in [-0.3, -0.25) is 0 Å². The van der Waals surface area contributed by atoms with Crippen molar-refractivity contribution in [1.82, 2.24) is 0 Å². The smallest absolute Gasteiger partial charge is 0.0285 e. The molecular weight excluding hydrogens is 132 g/mol. The fraction of sp³-hybridized carbons (Fsp3) is 0.636. The largest absolute Gasteiger partial charge is 0.0988 e.